The third kappa shape index (κ3) is 2.71. The van der Waals surface area contributed by atoms with Gasteiger partial charge >= 0.3 is 0 Å². The standard InChI is InChI=1S/C15H31N2O5PS/c1-12(2)10(11(19)16-22-23)17(24(20,21)9-18)15(7,8)14(5,6)13(12,3)4/h10,18H,9,23H2,1-8H3,(H,16,19). The first-order chi connectivity index (χ1) is 10.5. The Bertz CT molecular complexity index is 613. The largest absolute Gasteiger partial charge is 0.379 e. The maximum atomic E-state index is 12.7. The van der Waals surface area contributed by atoms with E-state index >= 15 is 0 Å². The normalized spacial score (nSPS) is 28.3. The molecule has 1 rings (SSSR count). The molecule has 1 fully saturated rings. The molecule has 0 aromatic rings. The van der Waals surface area contributed by atoms with E-state index in [9.17, 15) is 18.3 Å². The van der Waals surface area contributed by atoms with Crippen LogP contribution in [0.2, 0.25) is 0 Å². The second-order valence-electron chi connectivity index (χ2n) is 8.55. The fraction of sp³-hybridized carbons (Fsp3) is 0.933. The molecular weight excluding hydrogens is 351 g/mol. The average Bonchev–Trinajstić information content (AvgIpc) is 2.42. The number of nitrogens with one attached hydrogen (secondary N) is 1. The third-order valence-electron chi connectivity index (χ3n) is 7.04. The molecule has 142 valence electrons. The minimum Gasteiger partial charge on any atom is -0.379 e. The summed E-state index contributed by atoms with van der Waals surface area (Å²) in [5.74, 6) is -1.63. The summed E-state index contributed by atoms with van der Waals surface area (Å²) in [6.45, 7) is 15.4. The SMILES string of the molecule is CC1(C)C(C(=O)NOP)N(S(=O)(=O)CO)C(C)(C)C(C)(C)C1(C)C. The van der Waals surface area contributed by atoms with E-state index in [2.05, 4.69) is 10.1 Å². The van der Waals surface area contributed by atoms with Crippen LogP contribution in [-0.2, 0) is 19.4 Å². The molecular formula is C15H31N2O5PS. The summed E-state index contributed by atoms with van der Waals surface area (Å²) in [7, 11) is -2.16. The number of sulfonamides is 1. The smallest absolute Gasteiger partial charge is 0.262 e. The number of amides is 1. The summed E-state index contributed by atoms with van der Waals surface area (Å²) in [6, 6.07) is -1.03. The van der Waals surface area contributed by atoms with E-state index in [0.29, 0.717) is 0 Å². The van der Waals surface area contributed by atoms with Gasteiger partial charge in [0.1, 0.15) is 6.04 Å². The first-order valence-electron chi connectivity index (χ1n) is 7.82. The lowest BCUT2D eigenvalue weighted by molar-refractivity contribution is -0.192. The lowest BCUT2D eigenvalue weighted by Crippen LogP contribution is -2.77. The van der Waals surface area contributed by atoms with Gasteiger partial charge in [0.25, 0.3) is 5.91 Å². The number of aliphatic hydroxyl groups excluding tert-OH is 1. The number of carbonyl (C=O) groups is 1. The van der Waals surface area contributed by atoms with Crippen molar-refractivity contribution < 1.29 is 22.9 Å². The van der Waals surface area contributed by atoms with Gasteiger partial charge in [-0.05, 0) is 30.1 Å². The van der Waals surface area contributed by atoms with Gasteiger partial charge < -0.3 is 5.11 Å². The maximum Gasteiger partial charge on any atom is 0.262 e. The first-order valence-corrected chi connectivity index (χ1v) is 9.90. The van der Waals surface area contributed by atoms with Crippen molar-refractivity contribution in [1.29, 1.82) is 0 Å². The molecule has 7 nitrogen and oxygen atoms in total. The molecule has 9 heteroatoms. The van der Waals surface area contributed by atoms with Gasteiger partial charge in [-0.1, -0.05) is 41.5 Å². The second kappa shape index (κ2) is 6.16. The summed E-state index contributed by atoms with van der Waals surface area (Å²) in [6.07, 6.45) is 0. The molecule has 0 saturated carbocycles. The van der Waals surface area contributed by atoms with Crippen molar-refractivity contribution >= 4 is 25.4 Å². The molecule has 0 bridgehead atoms. The predicted molar refractivity (Wildman–Crippen MR) is 96.0 cm³/mol. The van der Waals surface area contributed by atoms with E-state index in [1.807, 2.05) is 51.0 Å². The van der Waals surface area contributed by atoms with Crippen molar-refractivity contribution in [2.24, 2.45) is 16.2 Å². The molecule has 0 aromatic heterocycles. The highest BCUT2D eigenvalue weighted by molar-refractivity contribution is 7.89. The average molecular weight is 382 g/mol. The molecule has 2 N–H and O–H groups in total. The molecule has 2 atom stereocenters. The van der Waals surface area contributed by atoms with E-state index in [-0.39, 0.29) is 0 Å². The van der Waals surface area contributed by atoms with Gasteiger partial charge in [-0.15, -0.1) is 0 Å². The Morgan fingerprint density at radius 1 is 1.12 bits per heavy atom. The molecule has 24 heavy (non-hydrogen) atoms. The molecule has 0 aliphatic carbocycles. The van der Waals surface area contributed by atoms with Crippen LogP contribution in [0.25, 0.3) is 0 Å². The van der Waals surface area contributed by atoms with Crippen LogP contribution in [0.5, 0.6) is 0 Å². The molecule has 1 amide bonds. The van der Waals surface area contributed by atoms with Crippen LogP contribution in [0, 0.1) is 16.2 Å². The Balaban J connectivity index is 3.82. The van der Waals surface area contributed by atoms with Crippen molar-refractivity contribution in [3.8, 4) is 0 Å². The summed E-state index contributed by atoms with van der Waals surface area (Å²) in [4.78, 5) is 12.7. The lowest BCUT2D eigenvalue weighted by atomic mass is 9.45. The number of hydrogen-bond acceptors (Lipinski definition) is 5. The molecule has 1 saturated heterocycles. The Kier molecular flexibility index (Phi) is 5.59. The van der Waals surface area contributed by atoms with Crippen LogP contribution >= 0.6 is 9.47 Å². The molecule has 2 unspecified atom stereocenters. The number of rotatable bonds is 4. The van der Waals surface area contributed by atoms with E-state index in [1.54, 1.807) is 13.8 Å². The Labute approximate surface area is 147 Å². The minimum absolute atomic E-state index is 0.409. The van der Waals surface area contributed by atoms with E-state index in [1.165, 1.54) is 0 Å². The monoisotopic (exact) mass is 382 g/mol. The van der Waals surface area contributed by atoms with Crippen LogP contribution in [0.1, 0.15) is 55.4 Å². The van der Waals surface area contributed by atoms with Crippen LogP contribution in [-0.4, -0.2) is 41.3 Å². The molecule has 0 spiro atoms. The van der Waals surface area contributed by atoms with Crippen LogP contribution in [0.3, 0.4) is 0 Å². The zero-order chi connectivity index (χ0) is 19.4. The van der Waals surface area contributed by atoms with E-state index in [4.69, 9.17) is 0 Å². The van der Waals surface area contributed by atoms with Crippen molar-refractivity contribution in [2.75, 3.05) is 5.94 Å². The highest BCUT2D eigenvalue weighted by Gasteiger charge is 2.69. The van der Waals surface area contributed by atoms with Crippen molar-refractivity contribution in [1.82, 2.24) is 9.79 Å². The van der Waals surface area contributed by atoms with Crippen LogP contribution < -0.4 is 5.48 Å². The van der Waals surface area contributed by atoms with E-state index < -0.39 is 49.7 Å². The molecule has 1 heterocycles. The number of carbonyl (C=O) groups excluding carboxylic acids is 1. The van der Waals surface area contributed by atoms with Crippen molar-refractivity contribution in [2.45, 2.75) is 67.0 Å². The fourth-order valence-corrected chi connectivity index (χ4v) is 5.77. The fourth-order valence-electron chi connectivity index (χ4n) is 3.92. The van der Waals surface area contributed by atoms with Gasteiger partial charge in [-0.2, -0.15) is 4.31 Å². The highest BCUT2D eigenvalue weighted by atomic mass is 32.2. The number of hydrogen-bond donors (Lipinski definition) is 2. The van der Waals surface area contributed by atoms with E-state index in [0.717, 1.165) is 4.31 Å². The zero-order valence-corrected chi connectivity index (χ0v) is 17.8. The first kappa shape index (κ1) is 21.8. The number of piperidine rings is 1. The predicted octanol–water partition coefficient (Wildman–Crippen LogP) is 1.65. The van der Waals surface area contributed by atoms with Crippen LogP contribution in [0.4, 0.5) is 0 Å². The molecule has 1 aliphatic heterocycles. The summed E-state index contributed by atoms with van der Waals surface area (Å²) < 4.78 is 31.3. The summed E-state index contributed by atoms with van der Waals surface area (Å²) in [5.41, 5.74) is -0.323. The van der Waals surface area contributed by atoms with Gasteiger partial charge in [0.15, 0.2) is 5.94 Å². The van der Waals surface area contributed by atoms with Crippen LogP contribution in [0.15, 0.2) is 0 Å². The van der Waals surface area contributed by atoms with Crippen molar-refractivity contribution in [3.63, 3.8) is 0 Å². The van der Waals surface area contributed by atoms with Gasteiger partial charge in [0.2, 0.25) is 10.0 Å². The summed E-state index contributed by atoms with van der Waals surface area (Å²) >= 11 is 0. The Morgan fingerprint density at radius 3 is 1.96 bits per heavy atom. The van der Waals surface area contributed by atoms with Gasteiger partial charge in [0.05, 0.1) is 0 Å². The third-order valence-corrected chi connectivity index (χ3v) is 8.75. The summed E-state index contributed by atoms with van der Waals surface area (Å²) in [5, 5.41) is 9.48. The number of hydroxylamine groups is 1. The van der Waals surface area contributed by atoms with Gasteiger partial charge in [-0.3, -0.25) is 9.42 Å². The lowest BCUT2D eigenvalue weighted by Gasteiger charge is -2.69. The topological polar surface area (TPSA) is 95.9 Å². The Morgan fingerprint density at radius 2 is 1.58 bits per heavy atom. The number of aliphatic hydroxyl groups is 1. The highest BCUT2D eigenvalue weighted by Crippen LogP contribution is 2.64. The van der Waals surface area contributed by atoms with Crippen molar-refractivity contribution in [3.05, 3.63) is 0 Å². The number of nitrogens with zero attached hydrogens (tertiary/aromatic N) is 1. The quantitative estimate of drug-likeness (QED) is 0.569. The molecule has 0 aromatic carbocycles. The maximum absolute atomic E-state index is 12.7. The van der Waals surface area contributed by atoms with Gasteiger partial charge in [-0.25, -0.2) is 13.9 Å². The molecule has 0 radical (unpaired) electrons. The zero-order valence-electron chi connectivity index (χ0n) is 15.8. The minimum atomic E-state index is -4.07. The molecule has 1 aliphatic rings. The Hall–Kier alpha value is -0.270. The second-order valence-corrected chi connectivity index (χ2v) is 10.6. The van der Waals surface area contributed by atoms with Gasteiger partial charge in [0, 0.05) is 15.0 Å².